The zero-order chi connectivity index (χ0) is 11.5. The van der Waals surface area contributed by atoms with Crippen LogP contribution in [0.25, 0.3) is 17.0 Å². The highest BCUT2D eigenvalue weighted by atomic mass is 15.1. The first kappa shape index (κ1) is 11.0. The van der Waals surface area contributed by atoms with Gasteiger partial charge in [0.15, 0.2) is 0 Å². The highest BCUT2D eigenvalue weighted by molar-refractivity contribution is 5.82. The minimum atomic E-state index is 1.03. The van der Waals surface area contributed by atoms with E-state index in [0.29, 0.717) is 0 Å². The van der Waals surface area contributed by atoms with Gasteiger partial charge in [0.2, 0.25) is 0 Å². The van der Waals surface area contributed by atoms with Crippen LogP contribution in [0.15, 0.2) is 37.0 Å². The maximum absolute atomic E-state index is 3.79. The maximum Gasteiger partial charge on any atom is 0.0481 e. The third-order valence-corrected chi connectivity index (χ3v) is 2.82. The normalized spacial score (nSPS) is 11.2. The molecular weight excluding hydrogens is 196 g/mol. The van der Waals surface area contributed by atoms with Gasteiger partial charge in [-0.1, -0.05) is 18.7 Å². The summed E-state index contributed by atoms with van der Waals surface area (Å²) in [5.41, 5.74) is 2.48. The standard InChI is InChI=1S/C14H18N2/c1-4-12-5-6-14-13(11-12)7-8-16(14)10-9-15(2)3/h4-8,11H,1,9-10H2,2-3H3. The van der Waals surface area contributed by atoms with Crippen LogP contribution in [0.5, 0.6) is 0 Å². The highest BCUT2D eigenvalue weighted by Crippen LogP contribution is 2.18. The second-order valence-corrected chi connectivity index (χ2v) is 4.33. The van der Waals surface area contributed by atoms with Gasteiger partial charge in [0, 0.05) is 30.2 Å². The van der Waals surface area contributed by atoms with E-state index in [1.807, 2.05) is 6.08 Å². The van der Waals surface area contributed by atoms with Gasteiger partial charge < -0.3 is 9.47 Å². The molecule has 0 unspecified atom stereocenters. The molecule has 0 N–H and O–H groups in total. The zero-order valence-electron chi connectivity index (χ0n) is 9.98. The first-order valence-corrected chi connectivity index (χ1v) is 5.57. The lowest BCUT2D eigenvalue weighted by atomic mass is 10.1. The fourth-order valence-electron chi connectivity index (χ4n) is 1.85. The topological polar surface area (TPSA) is 8.17 Å². The van der Waals surface area contributed by atoms with Crippen LogP contribution < -0.4 is 0 Å². The molecule has 0 saturated carbocycles. The fourth-order valence-corrected chi connectivity index (χ4v) is 1.85. The van der Waals surface area contributed by atoms with Crippen LogP contribution in [-0.2, 0) is 6.54 Å². The number of rotatable bonds is 4. The summed E-state index contributed by atoms with van der Waals surface area (Å²) in [6, 6.07) is 8.62. The first-order valence-electron chi connectivity index (χ1n) is 5.57. The molecule has 0 aliphatic rings. The third-order valence-electron chi connectivity index (χ3n) is 2.82. The molecule has 0 saturated heterocycles. The van der Waals surface area contributed by atoms with Gasteiger partial charge in [0.1, 0.15) is 0 Å². The van der Waals surface area contributed by atoms with Crippen LogP contribution in [0.3, 0.4) is 0 Å². The summed E-state index contributed by atoms with van der Waals surface area (Å²) >= 11 is 0. The highest BCUT2D eigenvalue weighted by Gasteiger charge is 2.01. The monoisotopic (exact) mass is 214 g/mol. The van der Waals surface area contributed by atoms with Crippen molar-refractivity contribution in [1.82, 2.24) is 9.47 Å². The molecule has 2 rings (SSSR count). The molecule has 84 valence electrons. The van der Waals surface area contributed by atoms with Gasteiger partial charge in [0.25, 0.3) is 0 Å². The van der Waals surface area contributed by atoms with Crippen molar-refractivity contribution in [2.75, 3.05) is 20.6 Å². The predicted octanol–water partition coefficient (Wildman–Crippen LogP) is 2.85. The van der Waals surface area contributed by atoms with Crippen molar-refractivity contribution in [3.63, 3.8) is 0 Å². The number of hydrogen-bond donors (Lipinski definition) is 0. The molecule has 2 aromatic rings. The molecule has 1 aromatic heterocycles. The fraction of sp³-hybridized carbons (Fsp3) is 0.286. The molecule has 2 heteroatoms. The molecule has 1 heterocycles. The van der Waals surface area contributed by atoms with Crippen molar-refractivity contribution in [3.8, 4) is 0 Å². The summed E-state index contributed by atoms with van der Waals surface area (Å²) in [5.74, 6) is 0. The van der Waals surface area contributed by atoms with Crippen LogP contribution in [-0.4, -0.2) is 30.1 Å². The molecule has 2 nitrogen and oxygen atoms in total. The Morgan fingerprint density at radius 1 is 1.31 bits per heavy atom. The van der Waals surface area contributed by atoms with E-state index < -0.39 is 0 Å². The summed E-state index contributed by atoms with van der Waals surface area (Å²) in [7, 11) is 4.20. The van der Waals surface area contributed by atoms with E-state index in [0.717, 1.165) is 13.1 Å². The average Bonchev–Trinajstić information content (AvgIpc) is 2.68. The first-order chi connectivity index (χ1) is 7.70. The minimum Gasteiger partial charge on any atom is -0.346 e. The number of nitrogens with zero attached hydrogens (tertiary/aromatic N) is 2. The SMILES string of the molecule is C=Cc1ccc2c(ccn2CCN(C)C)c1. The third kappa shape index (κ3) is 2.17. The van der Waals surface area contributed by atoms with Crippen molar-refractivity contribution < 1.29 is 0 Å². The van der Waals surface area contributed by atoms with E-state index in [2.05, 4.69) is 60.6 Å². The van der Waals surface area contributed by atoms with E-state index in [-0.39, 0.29) is 0 Å². The summed E-state index contributed by atoms with van der Waals surface area (Å²) < 4.78 is 2.29. The van der Waals surface area contributed by atoms with Crippen molar-refractivity contribution in [3.05, 3.63) is 42.6 Å². The molecule has 0 radical (unpaired) electrons. The molecule has 1 aromatic carbocycles. The smallest absolute Gasteiger partial charge is 0.0481 e. The lowest BCUT2D eigenvalue weighted by Crippen LogP contribution is -2.17. The van der Waals surface area contributed by atoms with Gasteiger partial charge in [-0.05, 0) is 37.9 Å². The maximum atomic E-state index is 3.79. The van der Waals surface area contributed by atoms with Gasteiger partial charge in [-0.2, -0.15) is 0 Å². The van der Waals surface area contributed by atoms with E-state index >= 15 is 0 Å². The average molecular weight is 214 g/mol. The number of likely N-dealkylation sites (N-methyl/N-ethyl adjacent to an activating group) is 1. The number of benzene rings is 1. The lowest BCUT2D eigenvalue weighted by molar-refractivity contribution is 0.387. The zero-order valence-corrected chi connectivity index (χ0v) is 9.98. The number of hydrogen-bond acceptors (Lipinski definition) is 1. The van der Waals surface area contributed by atoms with E-state index in [1.54, 1.807) is 0 Å². The van der Waals surface area contributed by atoms with Gasteiger partial charge in [0.05, 0.1) is 0 Å². The molecule has 0 bridgehead atoms. The summed E-state index contributed by atoms with van der Waals surface area (Å²) in [6.07, 6.45) is 4.04. The van der Waals surface area contributed by atoms with Crippen molar-refractivity contribution in [2.24, 2.45) is 0 Å². The summed E-state index contributed by atoms with van der Waals surface area (Å²) in [6.45, 7) is 5.88. The molecule has 0 aliphatic carbocycles. The van der Waals surface area contributed by atoms with Gasteiger partial charge in [-0.15, -0.1) is 0 Å². The minimum absolute atomic E-state index is 1.03. The second-order valence-electron chi connectivity index (χ2n) is 4.33. The van der Waals surface area contributed by atoms with Gasteiger partial charge in [-0.25, -0.2) is 0 Å². The van der Waals surface area contributed by atoms with E-state index in [4.69, 9.17) is 0 Å². The Morgan fingerprint density at radius 2 is 2.12 bits per heavy atom. The Morgan fingerprint density at radius 3 is 2.81 bits per heavy atom. The Kier molecular flexibility index (Phi) is 3.11. The molecule has 0 spiro atoms. The molecule has 0 fully saturated rings. The predicted molar refractivity (Wildman–Crippen MR) is 70.6 cm³/mol. The quantitative estimate of drug-likeness (QED) is 0.759. The summed E-state index contributed by atoms with van der Waals surface area (Å²) in [5, 5.41) is 1.29. The Bertz CT molecular complexity index is 494. The van der Waals surface area contributed by atoms with Crippen LogP contribution in [0, 0.1) is 0 Å². The van der Waals surface area contributed by atoms with Crippen molar-refractivity contribution in [1.29, 1.82) is 0 Å². The van der Waals surface area contributed by atoms with E-state index in [1.165, 1.54) is 16.5 Å². The van der Waals surface area contributed by atoms with Crippen LogP contribution in [0.2, 0.25) is 0 Å². The Labute approximate surface area is 96.8 Å². The van der Waals surface area contributed by atoms with Gasteiger partial charge >= 0.3 is 0 Å². The second kappa shape index (κ2) is 4.54. The largest absolute Gasteiger partial charge is 0.346 e. The number of aromatic nitrogens is 1. The Balaban J connectivity index is 2.30. The van der Waals surface area contributed by atoms with Crippen LogP contribution in [0.1, 0.15) is 5.56 Å². The summed E-state index contributed by atoms with van der Waals surface area (Å²) in [4.78, 5) is 2.20. The van der Waals surface area contributed by atoms with Crippen molar-refractivity contribution in [2.45, 2.75) is 6.54 Å². The van der Waals surface area contributed by atoms with Crippen LogP contribution in [0.4, 0.5) is 0 Å². The molecule has 16 heavy (non-hydrogen) atoms. The number of fused-ring (bicyclic) bond motifs is 1. The molecular formula is C14H18N2. The molecule has 0 aliphatic heterocycles. The molecule has 0 atom stereocenters. The van der Waals surface area contributed by atoms with Crippen LogP contribution >= 0.6 is 0 Å². The van der Waals surface area contributed by atoms with Crippen molar-refractivity contribution >= 4 is 17.0 Å². The molecule has 0 amide bonds. The lowest BCUT2D eigenvalue weighted by Gasteiger charge is -2.11. The van der Waals surface area contributed by atoms with E-state index in [9.17, 15) is 0 Å². The Hall–Kier alpha value is -1.54. The van der Waals surface area contributed by atoms with Gasteiger partial charge in [-0.3, -0.25) is 0 Å².